The van der Waals surface area contributed by atoms with Crippen molar-refractivity contribution in [2.45, 2.75) is 20.8 Å². The summed E-state index contributed by atoms with van der Waals surface area (Å²) in [6.45, 7) is 5.49. The summed E-state index contributed by atoms with van der Waals surface area (Å²) in [5.74, 6) is 0.940. The van der Waals surface area contributed by atoms with Crippen molar-refractivity contribution in [3.05, 3.63) is 33.5 Å². The van der Waals surface area contributed by atoms with Crippen molar-refractivity contribution in [1.82, 2.24) is 0 Å². The topological polar surface area (TPSA) is 30.2 Å². The zero-order chi connectivity index (χ0) is 11.2. The Bertz CT molecular complexity index is 552. The second kappa shape index (κ2) is 3.49. The summed E-state index contributed by atoms with van der Waals surface area (Å²) in [6, 6.07) is 3.63. The van der Waals surface area contributed by atoms with Crippen molar-refractivity contribution in [2.75, 3.05) is 0 Å². The zero-order valence-electron chi connectivity index (χ0n) is 8.85. The second-order valence-electron chi connectivity index (χ2n) is 3.67. The van der Waals surface area contributed by atoms with E-state index in [1.54, 1.807) is 13.0 Å². The summed E-state index contributed by atoms with van der Waals surface area (Å²) in [4.78, 5) is 11.3. The van der Waals surface area contributed by atoms with E-state index in [1.165, 1.54) is 0 Å². The minimum atomic E-state index is 0.0457. The quantitative estimate of drug-likeness (QED) is 0.730. The van der Waals surface area contributed by atoms with Crippen LogP contribution in [-0.4, -0.2) is 5.78 Å². The first kappa shape index (κ1) is 10.4. The Morgan fingerprint density at radius 1 is 1.33 bits per heavy atom. The van der Waals surface area contributed by atoms with Crippen LogP contribution in [0.4, 0.5) is 0 Å². The fraction of sp³-hybridized carbons (Fsp3) is 0.250. The molecule has 3 heteroatoms. The fourth-order valence-electron chi connectivity index (χ4n) is 1.65. The predicted molar refractivity (Wildman–Crippen MR) is 63.4 cm³/mol. The van der Waals surface area contributed by atoms with Crippen LogP contribution in [0.1, 0.15) is 28.6 Å². The first-order valence-corrected chi connectivity index (χ1v) is 5.50. The molecule has 1 aromatic carbocycles. The monoisotopic (exact) mass is 266 g/mol. The Morgan fingerprint density at radius 2 is 2.00 bits per heavy atom. The van der Waals surface area contributed by atoms with E-state index in [0.29, 0.717) is 5.56 Å². The van der Waals surface area contributed by atoms with Crippen LogP contribution in [0.2, 0.25) is 0 Å². The SMILES string of the molecule is CC(=O)c1cc(Br)c2c(C)c(C)oc2c1. The van der Waals surface area contributed by atoms with Crippen molar-refractivity contribution in [1.29, 1.82) is 0 Å². The van der Waals surface area contributed by atoms with Gasteiger partial charge >= 0.3 is 0 Å². The van der Waals surface area contributed by atoms with Gasteiger partial charge in [0.1, 0.15) is 11.3 Å². The lowest BCUT2D eigenvalue weighted by Crippen LogP contribution is -1.91. The number of carbonyl (C=O) groups is 1. The summed E-state index contributed by atoms with van der Waals surface area (Å²) in [5, 5.41) is 1.05. The number of Topliss-reactive ketones (excluding diaryl/α,β-unsaturated/α-hetero) is 1. The number of ketones is 1. The Hall–Kier alpha value is -1.09. The smallest absolute Gasteiger partial charge is 0.159 e. The minimum Gasteiger partial charge on any atom is -0.461 e. The first-order valence-electron chi connectivity index (χ1n) is 4.71. The number of aryl methyl sites for hydroxylation is 2. The van der Waals surface area contributed by atoms with Gasteiger partial charge in [-0.05, 0) is 38.5 Å². The van der Waals surface area contributed by atoms with Crippen LogP contribution >= 0.6 is 15.9 Å². The van der Waals surface area contributed by atoms with E-state index in [0.717, 1.165) is 26.8 Å². The predicted octanol–water partition coefficient (Wildman–Crippen LogP) is 4.01. The fourth-order valence-corrected chi connectivity index (χ4v) is 2.39. The molecule has 15 heavy (non-hydrogen) atoms. The van der Waals surface area contributed by atoms with Gasteiger partial charge in [-0.3, -0.25) is 4.79 Å². The number of carbonyl (C=O) groups excluding carboxylic acids is 1. The second-order valence-corrected chi connectivity index (χ2v) is 4.52. The van der Waals surface area contributed by atoms with Crippen LogP contribution in [0.5, 0.6) is 0 Å². The third-order valence-electron chi connectivity index (χ3n) is 2.63. The molecule has 2 nitrogen and oxygen atoms in total. The molecule has 0 radical (unpaired) electrons. The Kier molecular flexibility index (Phi) is 2.43. The lowest BCUT2D eigenvalue weighted by molar-refractivity contribution is 0.101. The normalized spacial score (nSPS) is 10.9. The third-order valence-corrected chi connectivity index (χ3v) is 3.25. The molecule has 0 unspecified atom stereocenters. The molecule has 0 spiro atoms. The minimum absolute atomic E-state index is 0.0457. The Balaban J connectivity index is 2.84. The van der Waals surface area contributed by atoms with Gasteiger partial charge in [-0.1, -0.05) is 15.9 Å². The van der Waals surface area contributed by atoms with Crippen molar-refractivity contribution in [2.24, 2.45) is 0 Å². The van der Waals surface area contributed by atoms with Crippen LogP contribution < -0.4 is 0 Å². The van der Waals surface area contributed by atoms with Crippen LogP contribution in [0.25, 0.3) is 11.0 Å². The molecule has 0 fully saturated rings. The van der Waals surface area contributed by atoms with Crippen molar-refractivity contribution < 1.29 is 9.21 Å². The summed E-state index contributed by atoms with van der Waals surface area (Å²) >= 11 is 3.47. The maximum absolute atomic E-state index is 11.3. The maximum Gasteiger partial charge on any atom is 0.159 e. The zero-order valence-corrected chi connectivity index (χ0v) is 10.4. The van der Waals surface area contributed by atoms with E-state index in [4.69, 9.17) is 4.42 Å². The van der Waals surface area contributed by atoms with Gasteiger partial charge in [0.2, 0.25) is 0 Å². The molecule has 0 bridgehead atoms. The van der Waals surface area contributed by atoms with Crippen molar-refractivity contribution >= 4 is 32.7 Å². The van der Waals surface area contributed by atoms with Crippen LogP contribution in [0, 0.1) is 13.8 Å². The number of furan rings is 1. The molecule has 2 aromatic rings. The largest absolute Gasteiger partial charge is 0.461 e. The van der Waals surface area contributed by atoms with Crippen molar-refractivity contribution in [3.8, 4) is 0 Å². The average Bonchev–Trinajstić information content (AvgIpc) is 2.42. The molecule has 1 aromatic heterocycles. The van der Waals surface area contributed by atoms with E-state index in [2.05, 4.69) is 15.9 Å². The number of hydrogen-bond donors (Lipinski definition) is 0. The van der Waals surface area contributed by atoms with E-state index >= 15 is 0 Å². The number of benzene rings is 1. The molecule has 2 rings (SSSR count). The lowest BCUT2D eigenvalue weighted by Gasteiger charge is -1.99. The molecular weight excluding hydrogens is 256 g/mol. The van der Waals surface area contributed by atoms with Gasteiger partial charge in [0.15, 0.2) is 5.78 Å². The Labute approximate surface area is 96.4 Å². The highest BCUT2D eigenvalue weighted by atomic mass is 79.9. The Morgan fingerprint density at radius 3 is 2.60 bits per heavy atom. The summed E-state index contributed by atoms with van der Waals surface area (Å²) < 4.78 is 6.50. The molecule has 0 aliphatic carbocycles. The summed E-state index contributed by atoms with van der Waals surface area (Å²) in [6.07, 6.45) is 0. The number of rotatable bonds is 1. The maximum atomic E-state index is 11.3. The van der Waals surface area contributed by atoms with Crippen LogP contribution in [-0.2, 0) is 0 Å². The van der Waals surface area contributed by atoms with Gasteiger partial charge in [-0.15, -0.1) is 0 Å². The molecule has 1 heterocycles. The van der Waals surface area contributed by atoms with Gasteiger partial charge in [-0.25, -0.2) is 0 Å². The molecule has 0 saturated carbocycles. The van der Waals surface area contributed by atoms with Gasteiger partial charge in [0.25, 0.3) is 0 Å². The summed E-state index contributed by atoms with van der Waals surface area (Å²) in [5.41, 5.74) is 2.56. The molecule has 78 valence electrons. The highest BCUT2D eigenvalue weighted by Crippen LogP contribution is 2.32. The standard InChI is InChI=1S/C12H11BrO2/c1-6-8(3)15-11-5-9(7(2)14)4-10(13)12(6)11/h4-5H,1-3H3. The number of hydrogen-bond acceptors (Lipinski definition) is 2. The van der Waals surface area contributed by atoms with Crippen molar-refractivity contribution in [3.63, 3.8) is 0 Å². The highest BCUT2D eigenvalue weighted by Gasteiger charge is 2.12. The highest BCUT2D eigenvalue weighted by molar-refractivity contribution is 9.10. The van der Waals surface area contributed by atoms with Crippen LogP contribution in [0.15, 0.2) is 21.0 Å². The number of halogens is 1. The average molecular weight is 267 g/mol. The lowest BCUT2D eigenvalue weighted by atomic mass is 10.1. The van der Waals surface area contributed by atoms with Crippen LogP contribution in [0.3, 0.4) is 0 Å². The third kappa shape index (κ3) is 1.61. The van der Waals surface area contributed by atoms with E-state index in [9.17, 15) is 4.79 Å². The summed E-state index contributed by atoms with van der Waals surface area (Å²) in [7, 11) is 0. The molecular formula is C12H11BrO2. The van der Waals surface area contributed by atoms with Gasteiger partial charge in [0, 0.05) is 15.4 Å². The number of fused-ring (bicyclic) bond motifs is 1. The first-order chi connectivity index (χ1) is 7.00. The molecule has 0 amide bonds. The molecule has 0 saturated heterocycles. The molecule has 0 N–H and O–H groups in total. The van der Waals surface area contributed by atoms with Gasteiger partial charge in [-0.2, -0.15) is 0 Å². The molecule has 0 aliphatic rings. The molecule has 0 atom stereocenters. The van der Waals surface area contributed by atoms with Gasteiger partial charge in [0.05, 0.1) is 0 Å². The van der Waals surface area contributed by atoms with Gasteiger partial charge < -0.3 is 4.42 Å². The van der Waals surface area contributed by atoms with E-state index < -0.39 is 0 Å². The van der Waals surface area contributed by atoms with E-state index in [1.807, 2.05) is 19.9 Å². The van der Waals surface area contributed by atoms with E-state index in [-0.39, 0.29) is 5.78 Å². The molecule has 0 aliphatic heterocycles.